The summed E-state index contributed by atoms with van der Waals surface area (Å²) in [4.78, 5) is 17.0. The van der Waals surface area contributed by atoms with E-state index >= 15 is 0 Å². The predicted molar refractivity (Wildman–Crippen MR) is 80.0 cm³/mol. The van der Waals surface area contributed by atoms with Crippen molar-refractivity contribution in [1.82, 2.24) is 15.1 Å². The van der Waals surface area contributed by atoms with Crippen molar-refractivity contribution in [2.45, 2.75) is 12.5 Å². The molecule has 1 aromatic carbocycles. The van der Waals surface area contributed by atoms with Gasteiger partial charge in [-0.25, -0.2) is 0 Å². The first-order chi connectivity index (χ1) is 9.66. The molecule has 0 bridgehead atoms. The van der Waals surface area contributed by atoms with Gasteiger partial charge in [0.05, 0.1) is 5.92 Å². The molecule has 4 nitrogen and oxygen atoms in total. The third-order valence-electron chi connectivity index (χ3n) is 4.27. The number of fused-ring (bicyclic) bond motifs is 1. The van der Waals surface area contributed by atoms with E-state index in [1.165, 1.54) is 0 Å². The zero-order chi connectivity index (χ0) is 14.1. The molecule has 1 amide bonds. The molecule has 3 rings (SSSR count). The Bertz CT molecular complexity index is 512. The van der Waals surface area contributed by atoms with Crippen LogP contribution in [0.5, 0.6) is 0 Å². The molecule has 1 saturated heterocycles. The molecule has 1 atom stereocenters. The normalized spacial score (nSPS) is 23.5. The first-order valence-corrected chi connectivity index (χ1v) is 7.50. The lowest BCUT2D eigenvalue weighted by Gasteiger charge is -2.36. The molecule has 1 fully saturated rings. The summed E-state index contributed by atoms with van der Waals surface area (Å²) < 4.78 is 0. The van der Waals surface area contributed by atoms with E-state index in [0.29, 0.717) is 6.54 Å². The first-order valence-electron chi connectivity index (χ1n) is 7.12. The molecule has 108 valence electrons. The van der Waals surface area contributed by atoms with Gasteiger partial charge < -0.3 is 15.1 Å². The summed E-state index contributed by atoms with van der Waals surface area (Å²) in [6.07, 6.45) is 0. The number of hydrogen-bond acceptors (Lipinski definition) is 3. The molecular formula is C15H20ClN3O. The summed E-state index contributed by atoms with van der Waals surface area (Å²) in [6, 6.07) is 5.89. The van der Waals surface area contributed by atoms with Crippen LogP contribution >= 0.6 is 11.6 Å². The lowest BCUT2D eigenvalue weighted by Crippen LogP contribution is -2.50. The lowest BCUT2D eigenvalue weighted by molar-refractivity contribution is -0.134. The van der Waals surface area contributed by atoms with E-state index in [1.807, 2.05) is 17.0 Å². The Kier molecular flexibility index (Phi) is 3.96. The SMILES string of the molecule is CN1CCN(C(=O)C2CNCc3cccc(Cl)c32)CC1. The van der Waals surface area contributed by atoms with Gasteiger partial charge in [-0.15, -0.1) is 0 Å². The minimum atomic E-state index is -0.143. The number of nitrogens with zero attached hydrogens (tertiary/aromatic N) is 2. The number of benzene rings is 1. The summed E-state index contributed by atoms with van der Waals surface area (Å²) in [7, 11) is 2.09. The van der Waals surface area contributed by atoms with Gasteiger partial charge in [0.1, 0.15) is 0 Å². The van der Waals surface area contributed by atoms with Crippen LogP contribution in [0.1, 0.15) is 17.0 Å². The van der Waals surface area contributed by atoms with Gasteiger partial charge in [0.15, 0.2) is 0 Å². The highest BCUT2D eigenvalue weighted by atomic mass is 35.5. The Balaban J connectivity index is 1.83. The molecule has 0 aliphatic carbocycles. The number of carbonyl (C=O) groups is 1. The Morgan fingerprint density at radius 3 is 2.80 bits per heavy atom. The van der Waals surface area contributed by atoms with Crippen LogP contribution in [0, 0.1) is 0 Å². The fraction of sp³-hybridized carbons (Fsp3) is 0.533. The van der Waals surface area contributed by atoms with Crippen LogP contribution < -0.4 is 5.32 Å². The van der Waals surface area contributed by atoms with E-state index in [4.69, 9.17) is 11.6 Å². The Hall–Kier alpha value is -1.10. The topological polar surface area (TPSA) is 35.6 Å². The number of carbonyl (C=O) groups excluding carboxylic acids is 1. The van der Waals surface area contributed by atoms with Gasteiger partial charge in [-0.2, -0.15) is 0 Å². The minimum absolute atomic E-state index is 0.143. The van der Waals surface area contributed by atoms with E-state index in [-0.39, 0.29) is 11.8 Å². The molecule has 0 aromatic heterocycles. The Labute approximate surface area is 124 Å². The van der Waals surface area contributed by atoms with Gasteiger partial charge in [-0.1, -0.05) is 23.7 Å². The second-order valence-electron chi connectivity index (χ2n) is 5.62. The van der Waals surface area contributed by atoms with Gasteiger partial charge in [0.25, 0.3) is 0 Å². The summed E-state index contributed by atoms with van der Waals surface area (Å²) in [5.41, 5.74) is 2.17. The highest BCUT2D eigenvalue weighted by molar-refractivity contribution is 6.31. The zero-order valence-corrected chi connectivity index (χ0v) is 12.5. The van der Waals surface area contributed by atoms with Gasteiger partial charge >= 0.3 is 0 Å². The van der Waals surface area contributed by atoms with E-state index in [2.05, 4.69) is 23.3 Å². The summed E-state index contributed by atoms with van der Waals surface area (Å²) in [5, 5.41) is 4.05. The van der Waals surface area contributed by atoms with Crippen molar-refractivity contribution in [3.05, 3.63) is 34.3 Å². The molecule has 2 aliphatic heterocycles. The van der Waals surface area contributed by atoms with Crippen molar-refractivity contribution in [3.63, 3.8) is 0 Å². The molecule has 0 saturated carbocycles. The van der Waals surface area contributed by atoms with Crippen LogP contribution in [-0.2, 0) is 11.3 Å². The van der Waals surface area contributed by atoms with Crippen LogP contribution in [0.15, 0.2) is 18.2 Å². The minimum Gasteiger partial charge on any atom is -0.340 e. The van der Waals surface area contributed by atoms with E-state index in [0.717, 1.165) is 48.9 Å². The third kappa shape index (κ3) is 2.55. The fourth-order valence-corrected chi connectivity index (χ4v) is 3.36. The maximum absolute atomic E-state index is 12.8. The molecule has 1 aromatic rings. The summed E-state index contributed by atoms with van der Waals surface area (Å²) >= 11 is 6.34. The second-order valence-corrected chi connectivity index (χ2v) is 6.03. The van der Waals surface area contributed by atoms with E-state index < -0.39 is 0 Å². The number of likely N-dealkylation sites (N-methyl/N-ethyl adjacent to an activating group) is 1. The Morgan fingerprint density at radius 2 is 2.05 bits per heavy atom. The quantitative estimate of drug-likeness (QED) is 0.848. The number of rotatable bonds is 1. The molecule has 0 spiro atoms. The van der Waals surface area contributed by atoms with Gasteiger partial charge in [-0.3, -0.25) is 4.79 Å². The van der Waals surface area contributed by atoms with Crippen LogP contribution in [0.3, 0.4) is 0 Å². The number of hydrogen-bond donors (Lipinski definition) is 1. The average Bonchev–Trinajstić information content (AvgIpc) is 2.47. The molecule has 2 aliphatic rings. The maximum Gasteiger partial charge on any atom is 0.231 e. The molecule has 5 heteroatoms. The lowest BCUT2D eigenvalue weighted by atomic mass is 9.89. The van der Waals surface area contributed by atoms with Crippen molar-refractivity contribution in [1.29, 1.82) is 0 Å². The summed E-state index contributed by atoms with van der Waals surface area (Å²) in [6.45, 7) is 4.99. The van der Waals surface area contributed by atoms with Crippen molar-refractivity contribution in [2.24, 2.45) is 0 Å². The molecule has 2 heterocycles. The van der Waals surface area contributed by atoms with Crippen molar-refractivity contribution in [3.8, 4) is 0 Å². The molecule has 1 unspecified atom stereocenters. The predicted octanol–water partition coefficient (Wildman–Crippen LogP) is 1.30. The van der Waals surface area contributed by atoms with E-state index in [1.54, 1.807) is 0 Å². The Morgan fingerprint density at radius 1 is 1.30 bits per heavy atom. The van der Waals surface area contributed by atoms with Crippen molar-refractivity contribution >= 4 is 17.5 Å². The monoisotopic (exact) mass is 293 g/mol. The van der Waals surface area contributed by atoms with Gasteiger partial charge in [0.2, 0.25) is 5.91 Å². The van der Waals surface area contributed by atoms with Crippen LogP contribution in [-0.4, -0.2) is 55.5 Å². The van der Waals surface area contributed by atoms with Gasteiger partial charge in [-0.05, 0) is 24.2 Å². The number of nitrogens with one attached hydrogen (secondary N) is 1. The maximum atomic E-state index is 12.8. The number of halogens is 1. The van der Waals surface area contributed by atoms with Crippen LogP contribution in [0.4, 0.5) is 0 Å². The van der Waals surface area contributed by atoms with Gasteiger partial charge in [0, 0.05) is 44.3 Å². The van der Waals surface area contributed by atoms with Crippen LogP contribution in [0.25, 0.3) is 0 Å². The van der Waals surface area contributed by atoms with E-state index in [9.17, 15) is 4.79 Å². The average molecular weight is 294 g/mol. The highest BCUT2D eigenvalue weighted by Gasteiger charge is 2.32. The first kappa shape index (κ1) is 13.9. The molecule has 20 heavy (non-hydrogen) atoms. The highest BCUT2D eigenvalue weighted by Crippen LogP contribution is 2.32. The zero-order valence-electron chi connectivity index (χ0n) is 11.7. The third-order valence-corrected chi connectivity index (χ3v) is 4.60. The smallest absolute Gasteiger partial charge is 0.231 e. The van der Waals surface area contributed by atoms with Crippen LogP contribution in [0.2, 0.25) is 5.02 Å². The standard InChI is InChI=1S/C15H20ClN3O/c1-18-5-7-19(8-6-18)15(20)12-10-17-9-11-3-2-4-13(16)14(11)12/h2-4,12,17H,5-10H2,1H3. The number of piperazine rings is 1. The fourth-order valence-electron chi connectivity index (χ4n) is 3.04. The van der Waals surface area contributed by atoms with Crippen molar-refractivity contribution in [2.75, 3.05) is 39.8 Å². The molecule has 0 radical (unpaired) electrons. The largest absolute Gasteiger partial charge is 0.340 e. The van der Waals surface area contributed by atoms with Crippen molar-refractivity contribution < 1.29 is 4.79 Å². The summed E-state index contributed by atoms with van der Waals surface area (Å²) in [5.74, 6) is 0.0653. The number of amides is 1. The molecular weight excluding hydrogens is 274 g/mol. The molecule has 1 N–H and O–H groups in total. The second kappa shape index (κ2) is 5.72.